The molecule has 0 spiro atoms. The van der Waals surface area contributed by atoms with Crippen LogP contribution >= 0.6 is 22.7 Å². The van der Waals surface area contributed by atoms with Crippen molar-refractivity contribution in [1.82, 2.24) is 29.6 Å². The van der Waals surface area contributed by atoms with E-state index in [2.05, 4.69) is 54.3 Å². The second kappa shape index (κ2) is 10.2. The molecule has 0 aliphatic carbocycles. The summed E-state index contributed by atoms with van der Waals surface area (Å²) < 4.78 is 1.97. The predicted octanol–water partition coefficient (Wildman–Crippen LogP) is 1.28. The van der Waals surface area contributed by atoms with E-state index in [0.717, 1.165) is 72.8 Å². The number of amides is 2. The number of thiazole rings is 2. The summed E-state index contributed by atoms with van der Waals surface area (Å²) >= 11 is 2.92. The van der Waals surface area contributed by atoms with Gasteiger partial charge in [0.2, 0.25) is 11.8 Å². The Morgan fingerprint density at radius 2 is 1.15 bits per heavy atom. The van der Waals surface area contributed by atoms with Crippen LogP contribution < -0.4 is 10.6 Å². The fourth-order valence-electron chi connectivity index (χ4n) is 4.19. The fraction of sp³-hybridized carbons (Fsp3) is 0.545. The molecule has 2 N–H and O–H groups in total. The van der Waals surface area contributed by atoms with Crippen molar-refractivity contribution in [2.45, 2.75) is 0 Å². The zero-order valence-electron chi connectivity index (χ0n) is 19.5. The summed E-state index contributed by atoms with van der Waals surface area (Å²) in [6.45, 7) is 8.31. The molecule has 2 aromatic heterocycles. The first-order valence-corrected chi connectivity index (χ1v) is 13.2. The number of benzene rings is 1. The molecule has 3 aromatic rings. The van der Waals surface area contributed by atoms with Crippen LogP contribution in [0.4, 0.5) is 10.3 Å². The highest BCUT2D eigenvalue weighted by atomic mass is 32.1. The highest BCUT2D eigenvalue weighted by molar-refractivity contribution is 7.24. The van der Waals surface area contributed by atoms with Crippen LogP contribution in [0.1, 0.15) is 0 Å². The van der Waals surface area contributed by atoms with Crippen molar-refractivity contribution in [3.63, 3.8) is 0 Å². The van der Waals surface area contributed by atoms with E-state index < -0.39 is 0 Å². The van der Waals surface area contributed by atoms with Gasteiger partial charge in [0.05, 0.1) is 33.5 Å². The third kappa shape index (κ3) is 5.70. The second-order valence-electron chi connectivity index (χ2n) is 9.08. The van der Waals surface area contributed by atoms with Crippen LogP contribution in [0, 0.1) is 0 Å². The van der Waals surface area contributed by atoms with E-state index in [1.165, 1.54) is 22.7 Å². The van der Waals surface area contributed by atoms with E-state index in [1.54, 1.807) is 0 Å². The van der Waals surface area contributed by atoms with Gasteiger partial charge in [0.25, 0.3) is 0 Å². The van der Waals surface area contributed by atoms with Gasteiger partial charge in [0, 0.05) is 52.4 Å². The van der Waals surface area contributed by atoms with Crippen molar-refractivity contribution in [1.29, 1.82) is 0 Å². The number of fused-ring (bicyclic) bond motifs is 2. The van der Waals surface area contributed by atoms with Crippen molar-refractivity contribution in [2.75, 3.05) is 90.2 Å². The van der Waals surface area contributed by atoms with E-state index in [1.807, 2.05) is 12.1 Å². The standard InChI is InChI=1S/C22H30N8O2S2/c1-27-3-7-29(8-4-27)13-19(31)25-21-23-15-11-16-18(12-17(15)33-21)34-22(24-16)26-20(32)14-30-9-5-28(2)6-10-30/h11-12H,3-10,13-14H2,1-2H3,(H,23,25,31)(H,24,26,32). The quantitative estimate of drug-likeness (QED) is 0.520. The second-order valence-corrected chi connectivity index (χ2v) is 11.1. The van der Waals surface area contributed by atoms with Crippen LogP contribution in [-0.2, 0) is 9.59 Å². The van der Waals surface area contributed by atoms with E-state index >= 15 is 0 Å². The number of carbonyl (C=O) groups is 2. The van der Waals surface area contributed by atoms with Gasteiger partial charge in [-0.15, -0.1) is 0 Å². The van der Waals surface area contributed by atoms with Crippen molar-refractivity contribution >= 4 is 65.2 Å². The molecule has 182 valence electrons. The average molecular weight is 503 g/mol. The molecule has 2 fully saturated rings. The number of likely N-dealkylation sites (N-methyl/N-ethyl adjacent to an activating group) is 2. The molecule has 2 amide bonds. The number of aromatic nitrogens is 2. The zero-order chi connectivity index (χ0) is 23.7. The van der Waals surface area contributed by atoms with Gasteiger partial charge < -0.3 is 20.4 Å². The number of carbonyl (C=O) groups excluding carboxylic acids is 2. The fourth-order valence-corrected chi connectivity index (χ4v) is 6.07. The van der Waals surface area contributed by atoms with Crippen LogP contribution in [0.3, 0.4) is 0 Å². The summed E-state index contributed by atoms with van der Waals surface area (Å²) in [7, 11) is 4.20. The van der Waals surface area contributed by atoms with Gasteiger partial charge in [-0.2, -0.15) is 0 Å². The lowest BCUT2D eigenvalue weighted by Crippen LogP contribution is -2.47. The molecule has 10 nitrogen and oxygen atoms in total. The molecule has 2 saturated heterocycles. The Bertz CT molecular complexity index is 1040. The summed E-state index contributed by atoms with van der Waals surface area (Å²) in [5.41, 5.74) is 1.60. The summed E-state index contributed by atoms with van der Waals surface area (Å²) in [5, 5.41) is 7.10. The summed E-state index contributed by atoms with van der Waals surface area (Å²) in [4.78, 5) is 43.0. The predicted molar refractivity (Wildman–Crippen MR) is 138 cm³/mol. The number of nitrogens with zero attached hydrogens (tertiary/aromatic N) is 6. The Morgan fingerprint density at radius 1 is 0.735 bits per heavy atom. The molecule has 0 radical (unpaired) electrons. The first-order valence-electron chi connectivity index (χ1n) is 11.5. The Hall–Kier alpha value is -2.22. The molecule has 4 heterocycles. The molecule has 0 atom stereocenters. The van der Waals surface area contributed by atoms with E-state index in [-0.39, 0.29) is 11.8 Å². The monoisotopic (exact) mass is 502 g/mol. The summed E-state index contributed by atoms with van der Waals surface area (Å²) in [5.74, 6) is -0.0669. The minimum Gasteiger partial charge on any atom is -0.304 e. The van der Waals surface area contributed by atoms with Gasteiger partial charge in [-0.25, -0.2) is 9.97 Å². The van der Waals surface area contributed by atoms with Gasteiger partial charge in [-0.1, -0.05) is 22.7 Å². The van der Waals surface area contributed by atoms with Gasteiger partial charge in [0.1, 0.15) is 0 Å². The third-order valence-electron chi connectivity index (χ3n) is 6.32. The van der Waals surface area contributed by atoms with Crippen LogP contribution in [0.5, 0.6) is 0 Å². The Labute approximate surface area is 206 Å². The Balaban J connectivity index is 1.19. The maximum Gasteiger partial charge on any atom is 0.240 e. The van der Waals surface area contributed by atoms with E-state index in [4.69, 9.17) is 0 Å². The minimum absolute atomic E-state index is 0.0334. The lowest BCUT2D eigenvalue weighted by molar-refractivity contribution is -0.118. The summed E-state index contributed by atoms with van der Waals surface area (Å²) in [6, 6.07) is 3.95. The molecule has 2 aliphatic heterocycles. The van der Waals surface area contributed by atoms with Gasteiger partial charge in [-0.05, 0) is 26.2 Å². The molecule has 1 aromatic carbocycles. The van der Waals surface area contributed by atoms with Gasteiger partial charge in [0.15, 0.2) is 10.3 Å². The number of piperazine rings is 2. The number of anilines is 2. The van der Waals surface area contributed by atoms with Gasteiger partial charge in [-0.3, -0.25) is 19.4 Å². The molecule has 12 heteroatoms. The van der Waals surface area contributed by atoms with Crippen LogP contribution in [0.25, 0.3) is 20.4 Å². The minimum atomic E-state index is -0.0334. The zero-order valence-corrected chi connectivity index (χ0v) is 21.2. The smallest absolute Gasteiger partial charge is 0.240 e. The maximum absolute atomic E-state index is 12.5. The summed E-state index contributed by atoms with van der Waals surface area (Å²) in [6.07, 6.45) is 0. The normalized spacial score (nSPS) is 19.1. The number of hydrogen-bond donors (Lipinski definition) is 2. The molecule has 34 heavy (non-hydrogen) atoms. The average Bonchev–Trinajstić information content (AvgIpc) is 3.36. The number of hydrogen-bond acceptors (Lipinski definition) is 10. The SMILES string of the molecule is CN1CCN(CC(=O)Nc2nc3cc4nc(NC(=O)CN5CCN(C)CC5)sc4cc3s2)CC1. The molecule has 5 rings (SSSR count). The van der Waals surface area contributed by atoms with Crippen molar-refractivity contribution < 1.29 is 9.59 Å². The highest BCUT2D eigenvalue weighted by Crippen LogP contribution is 2.34. The van der Waals surface area contributed by atoms with Crippen LogP contribution in [0.15, 0.2) is 12.1 Å². The molecular formula is C22H30N8O2S2. The Morgan fingerprint density at radius 3 is 1.56 bits per heavy atom. The van der Waals surface area contributed by atoms with Crippen molar-refractivity contribution in [3.8, 4) is 0 Å². The van der Waals surface area contributed by atoms with Crippen LogP contribution in [-0.4, -0.2) is 121 Å². The van der Waals surface area contributed by atoms with Crippen molar-refractivity contribution in [3.05, 3.63) is 12.1 Å². The maximum atomic E-state index is 12.5. The third-order valence-corrected chi connectivity index (χ3v) is 8.18. The molecule has 2 aliphatic rings. The van der Waals surface area contributed by atoms with Gasteiger partial charge >= 0.3 is 0 Å². The van der Waals surface area contributed by atoms with E-state index in [9.17, 15) is 9.59 Å². The lowest BCUT2D eigenvalue weighted by Gasteiger charge is -2.31. The van der Waals surface area contributed by atoms with Crippen LogP contribution in [0.2, 0.25) is 0 Å². The number of rotatable bonds is 6. The molecule has 0 saturated carbocycles. The lowest BCUT2D eigenvalue weighted by atomic mass is 10.3. The molecular weight excluding hydrogens is 472 g/mol. The first-order chi connectivity index (χ1) is 16.4. The van der Waals surface area contributed by atoms with Crippen molar-refractivity contribution in [2.24, 2.45) is 0 Å². The largest absolute Gasteiger partial charge is 0.304 e. The van der Waals surface area contributed by atoms with E-state index in [0.29, 0.717) is 23.4 Å². The number of nitrogens with one attached hydrogen (secondary N) is 2. The topological polar surface area (TPSA) is 96.9 Å². The Kier molecular flexibility index (Phi) is 7.04. The molecule has 0 unspecified atom stereocenters. The first kappa shape index (κ1) is 23.5. The highest BCUT2D eigenvalue weighted by Gasteiger charge is 2.19. The molecule has 0 bridgehead atoms.